The van der Waals surface area contributed by atoms with Gasteiger partial charge >= 0.3 is 11.9 Å². The molecule has 0 spiro atoms. The Bertz CT molecular complexity index is 606. The molecule has 1 unspecified atom stereocenters. The molecule has 0 saturated heterocycles. The molecule has 3 N–H and O–H groups in total. The van der Waals surface area contributed by atoms with Crippen LogP contribution in [0.25, 0.3) is 0 Å². The highest BCUT2D eigenvalue weighted by Crippen LogP contribution is 2.15. The van der Waals surface area contributed by atoms with Crippen molar-refractivity contribution in [3.05, 3.63) is 47.5 Å². The molecule has 28 heavy (non-hydrogen) atoms. The highest BCUT2D eigenvalue weighted by Gasteiger charge is 2.15. The van der Waals surface area contributed by atoms with Crippen LogP contribution >= 0.6 is 0 Å². The minimum atomic E-state index is -1.26. The molecule has 0 fully saturated rings. The first-order valence-electron chi connectivity index (χ1n) is 9.77. The number of rotatable bonds is 11. The second-order valence-corrected chi connectivity index (χ2v) is 6.67. The summed E-state index contributed by atoms with van der Waals surface area (Å²) < 4.78 is 0. The average molecular weight is 392 g/mol. The number of unbranched alkanes of at least 4 members (excludes halogenated alkanes) is 3. The number of aliphatic carboxylic acids is 2. The maximum Gasteiger partial charge on any atom is 0.328 e. The van der Waals surface area contributed by atoms with E-state index in [2.05, 4.69) is 50.4 Å². The lowest BCUT2D eigenvalue weighted by molar-refractivity contribution is -0.134. The van der Waals surface area contributed by atoms with Gasteiger partial charge < -0.3 is 15.5 Å². The molecule has 0 aromatic heterocycles. The molecule has 0 saturated carbocycles. The third-order valence-corrected chi connectivity index (χ3v) is 4.23. The number of carbonyl (C=O) groups is 3. The largest absolute Gasteiger partial charge is 0.478 e. The molecule has 0 aliphatic heterocycles. The van der Waals surface area contributed by atoms with Crippen LogP contribution in [0.2, 0.25) is 0 Å². The fourth-order valence-corrected chi connectivity index (χ4v) is 2.52. The first-order valence-corrected chi connectivity index (χ1v) is 9.77. The van der Waals surface area contributed by atoms with Crippen molar-refractivity contribution in [2.45, 2.75) is 65.8 Å². The Hall–Kier alpha value is -2.63. The summed E-state index contributed by atoms with van der Waals surface area (Å²) in [7, 11) is 0. The number of benzene rings is 1. The number of amides is 1. The van der Waals surface area contributed by atoms with E-state index in [0.29, 0.717) is 18.7 Å². The quantitative estimate of drug-likeness (QED) is 0.385. The van der Waals surface area contributed by atoms with Crippen LogP contribution in [0.5, 0.6) is 0 Å². The molecule has 6 heteroatoms. The number of carboxylic acids is 2. The van der Waals surface area contributed by atoms with Crippen LogP contribution in [0.4, 0.5) is 0 Å². The van der Waals surface area contributed by atoms with Gasteiger partial charge in [-0.1, -0.05) is 69.4 Å². The first-order chi connectivity index (χ1) is 13.3. The Morgan fingerprint density at radius 1 is 0.964 bits per heavy atom. The molecule has 0 radical (unpaired) electrons. The topological polar surface area (TPSA) is 104 Å². The third-order valence-electron chi connectivity index (χ3n) is 4.23. The van der Waals surface area contributed by atoms with E-state index in [0.717, 1.165) is 12.8 Å². The Morgan fingerprint density at radius 3 is 2.00 bits per heavy atom. The number of hydrogen-bond donors (Lipinski definition) is 3. The van der Waals surface area contributed by atoms with Crippen molar-refractivity contribution < 1.29 is 24.6 Å². The second kappa shape index (κ2) is 15.4. The number of nitrogens with one attached hydrogen (secondary N) is 1. The number of carbonyl (C=O) groups excluding carboxylic acids is 1. The monoisotopic (exact) mass is 391 g/mol. The van der Waals surface area contributed by atoms with Crippen molar-refractivity contribution in [3.63, 3.8) is 0 Å². The molecule has 0 heterocycles. The van der Waals surface area contributed by atoms with Crippen LogP contribution in [-0.2, 0) is 20.9 Å². The SMILES string of the molecule is CCCCCCC(CC)C(=O)NCc1ccc(C)cc1.O=C(O)/C=C/C(=O)O. The summed E-state index contributed by atoms with van der Waals surface area (Å²) in [5, 5.41) is 18.7. The van der Waals surface area contributed by atoms with E-state index in [1.54, 1.807) is 0 Å². The van der Waals surface area contributed by atoms with Crippen LogP contribution in [0.1, 0.15) is 63.5 Å². The van der Waals surface area contributed by atoms with Crippen LogP contribution in [0.15, 0.2) is 36.4 Å². The maximum absolute atomic E-state index is 12.2. The predicted octanol–water partition coefficient (Wildman–Crippen LogP) is 4.32. The van der Waals surface area contributed by atoms with Gasteiger partial charge in [-0.25, -0.2) is 9.59 Å². The minimum absolute atomic E-state index is 0.178. The molecule has 0 aliphatic rings. The van der Waals surface area contributed by atoms with Crippen molar-refractivity contribution in [1.29, 1.82) is 0 Å². The van der Waals surface area contributed by atoms with Crippen molar-refractivity contribution in [3.8, 4) is 0 Å². The van der Waals surface area contributed by atoms with E-state index < -0.39 is 11.9 Å². The highest BCUT2D eigenvalue weighted by molar-refractivity contribution is 5.89. The molecule has 1 rings (SSSR count). The molecule has 1 aromatic rings. The van der Waals surface area contributed by atoms with E-state index in [-0.39, 0.29) is 11.8 Å². The summed E-state index contributed by atoms with van der Waals surface area (Å²) in [4.78, 5) is 31.3. The van der Waals surface area contributed by atoms with Gasteiger partial charge in [0.1, 0.15) is 0 Å². The van der Waals surface area contributed by atoms with Crippen molar-refractivity contribution in [1.82, 2.24) is 5.32 Å². The van der Waals surface area contributed by atoms with E-state index >= 15 is 0 Å². The van der Waals surface area contributed by atoms with Crippen LogP contribution in [0.3, 0.4) is 0 Å². The fraction of sp³-hybridized carbons (Fsp3) is 0.500. The zero-order valence-corrected chi connectivity index (χ0v) is 17.1. The summed E-state index contributed by atoms with van der Waals surface area (Å²) in [6.45, 7) is 7.04. The lowest BCUT2D eigenvalue weighted by atomic mass is 9.97. The first kappa shape index (κ1) is 25.4. The average Bonchev–Trinajstić information content (AvgIpc) is 2.66. The summed E-state index contributed by atoms with van der Waals surface area (Å²) in [5.41, 5.74) is 2.42. The summed E-state index contributed by atoms with van der Waals surface area (Å²) in [6.07, 6.45) is 8.02. The zero-order chi connectivity index (χ0) is 21.4. The lowest BCUT2D eigenvalue weighted by Gasteiger charge is -2.15. The van der Waals surface area contributed by atoms with Gasteiger partial charge in [-0.3, -0.25) is 4.79 Å². The predicted molar refractivity (Wildman–Crippen MR) is 110 cm³/mol. The second-order valence-electron chi connectivity index (χ2n) is 6.67. The van der Waals surface area contributed by atoms with Gasteiger partial charge in [0, 0.05) is 24.6 Å². The van der Waals surface area contributed by atoms with Gasteiger partial charge in [-0.05, 0) is 25.3 Å². The molecule has 0 bridgehead atoms. The number of aryl methyl sites for hydroxylation is 1. The van der Waals surface area contributed by atoms with Gasteiger partial charge in [0.25, 0.3) is 0 Å². The van der Waals surface area contributed by atoms with Crippen molar-refractivity contribution in [2.24, 2.45) is 5.92 Å². The Morgan fingerprint density at radius 2 is 1.54 bits per heavy atom. The Balaban J connectivity index is 0.000000769. The zero-order valence-electron chi connectivity index (χ0n) is 17.1. The Labute approximate surface area is 167 Å². The van der Waals surface area contributed by atoms with E-state index in [9.17, 15) is 14.4 Å². The number of hydrogen-bond acceptors (Lipinski definition) is 3. The van der Waals surface area contributed by atoms with Crippen LogP contribution in [-0.4, -0.2) is 28.1 Å². The van der Waals surface area contributed by atoms with E-state index in [1.165, 1.54) is 36.8 Å². The van der Waals surface area contributed by atoms with Crippen molar-refractivity contribution in [2.75, 3.05) is 0 Å². The standard InChI is InChI=1S/C18H29NO.C4H4O4/c1-4-6-7-8-9-17(5-2)18(20)19-14-16-12-10-15(3)11-13-16;5-3(6)1-2-4(7)8/h10-13,17H,4-9,14H2,1-3H3,(H,19,20);1-2H,(H,5,6)(H,7,8)/b;2-1+. The molecule has 1 amide bonds. The summed E-state index contributed by atoms with van der Waals surface area (Å²) >= 11 is 0. The highest BCUT2D eigenvalue weighted by atomic mass is 16.4. The number of carboxylic acid groups (broad SMARTS) is 2. The lowest BCUT2D eigenvalue weighted by Crippen LogP contribution is -2.30. The molecular formula is C22H33NO5. The van der Waals surface area contributed by atoms with E-state index in [1.807, 2.05) is 0 Å². The van der Waals surface area contributed by atoms with Gasteiger partial charge in [0.2, 0.25) is 5.91 Å². The summed E-state index contributed by atoms with van der Waals surface area (Å²) in [6, 6.07) is 8.34. The normalized spacial score (nSPS) is 11.4. The third kappa shape index (κ3) is 13.6. The fourth-order valence-electron chi connectivity index (χ4n) is 2.52. The summed E-state index contributed by atoms with van der Waals surface area (Å²) in [5.74, 6) is -2.12. The maximum atomic E-state index is 12.2. The smallest absolute Gasteiger partial charge is 0.328 e. The van der Waals surface area contributed by atoms with Gasteiger partial charge in [0.15, 0.2) is 0 Å². The minimum Gasteiger partial charge on any atom is -0.478 e. The van der Waals surface area contributed by atoms with Crippen LogP contribution in [0, 0.1) is 12.8 Å². The van der Waals surface area contributed by atoms with Gasteiger partial charge in [0.05, 0.1) is 0 Å². The molecule has 1 aromatic carbocycles. The van der Waals surface area contributed by atoms with Gasteiger partial charge in [-0.2, -0.15) is 0 Å². The van der Waals surface area contributed by atoms with Crippen LogP contribution < -0.4 is 5.32 Å². The van der Waals surface area contributed by atoms with E-state index in [4.69, 9.17) is 10.2 Å². The molecule has 156 valence electrons. The molecular weight excluding hydrogens is 358 g/mol. The Kier molecular flexibility index (Phi) is 14.0. The molecule has 0 aliphatic carbocycles. The van der Waals surface area contributed by atoms with Gasteiger partial charge in [-0.15, -0.1) is 0 Å². The molecule has 6 nitrogen and oxygen atoms in total. The van der Waals surface area contributed by atoms with Crippen molar-refractivity contribution >= 4 is 17.8 Å². The molecule has 1 atom stereocenters.